The van der Waals surface area contributed by atoms with E-state index >= 15 is 0 Å². The number of nitrogens with two attached hydrogens (primary N) is 1. The average molecular weight is 319 g/mol. The first kappa shape index (κ1) is 17.6. The summed E-state index contributed by atoms with van der Waals surface area (Å²) in [5.74, 6) is -1.06. The Hall–Kier alpha value is -1.48. The van der Waals surface area contributed by atoms with E-state index in [1.54, 1.807) is 0 Å². The highest BCUT2D eigenvalue weighted by Gasteiger charge is 2.42. The summed E-state index contributed by atoms with van der Waals surface area (Å²) in [4.78, 5) is 35.2. The van der Waals surface area contributed by atoms with Crippen molar-refractivity contribution >= 4 is 29.7 Å². The molecule has 1 fully saturated rings. The van der Waals surface area contributed by atoms with Gasteiger partial charge in [-0.1, -0.05) is 13.8 Å². The fraction of sp³-hybridized carbons (Fsp3) is 0.750. The molecule has 120 valence electrons. The van der Waals surface area contributed by atoms with Crippen molar-refractivity contribution in [1.29, 1.82) is 0 Å². The van der Waals surface area contributed by atoms with E-state index in [0.29, 0.717) is 5.75 Å². The number of carboxylic acids is 1. The Labute approximate surface area is 127 Å². The molecular weight excluding hydrogens is 298 g/mol. The number of hydrogen-bond acceptors (Lipinski definition) is 5. The van der Waals surface area contributed by atoms with Crippen LogP contribution in [0.1, 0.15) is 13.8 Å². The highest BCUT2D eigenvalue weighted by Crippen LogP contribution is 2.33. The van der Waals surface area contributed by atoms with E-state index in [-0.39, 0.29) is 31.1 Å². The predicted molar refractivity (Wildman–Crippen MR) is 77.8 cm³/mol. The Kier molecular flexibility index (Phi) is 6.76. The maximum Gasteiger partial charge on any atom is 0.327 e. The molecule has 0 bridgehead atoms. The number of hydrogen-bond donors (Lipinski definition) is 3. The first-order chi connectivity index (χ1) is 9.84. The highest BCUT2D eigenvalue weighted by molar-refractivity contribution is 8.00. The van der Waals surface area contributed by atoms with Crippen LogP contribution in [0.15, 0.2) is 0 Å². The van der Waals surface area contributed by atoms with Gasteiger partial charge < -0.3 is 20.9 Å². The molecule has 0 radical (unpaired) electrons. The lowest BCUT2D eigenvalue weighted by atomic mass is 10.2. The van der Waals surface area contributed by atoms with Crippen LogP contribution in [0.2, 0.25) is 0 Å². The number of thioether (sulfide) groups is 1. The number of nitrogens with one attached hydrogen (secondary N) is 1. The smallest absolute Gasteiger partial charge is 0.327 e. The largest absolute Gasteiger partial charge is 0.480 e. The van der Waals surface area contributed by atoms with Crippen molar-refractivity contribution in [2.45, 2.75) is 25.3 Å². The first-order valence-corrected chi connectivity index (χ1v) is 7.66. The van der Waals surface area contributed by atoms with Crippen molar-refractivity contribution in [3.63, 3.8) is 0 Å². The Balaban J connectivity index is 2.51. The number of carbonyl (C=O) groups is 3. The van der Waals surface area contributed by atoms with Crippen LogP contribution in [-0.4, -0.2) is 64.8 Å². The minimum absolute atomic E-state index is 0.139. The Bertz CT molecular complexity index is 404. The van der Waals surface area contributed by atoms with E-state index < -0.39 is 23.9 Å². The van der Waals surface area contributed by atoms with Gasteiger partial charge in [0.25, 0.3) is 0 Å². The second-order valence-corrected chi connectivity index (χ2v) is 6.13. The fourth-order valence-electron chi connectivity index (χ4n) is 1.98. The van der Waals surface area contributed by atoms with Gasteiger partial charge in [-0.25, -0.2) is 9.59 Å². The van der Waals surface area contributed by atoms with E-state index in [2.05, 4.69) is 5.32 Å². The molecule has 4 N–H and O–H groups in total. The van der Waals surface area contributed by atoms with Crippen molar-refractivity contribution in [2.75, 3.05) is 25.5 Å². The van der Waals surface area contributed by atoms with Crippen LogP contribution in [-0.2, 0) is 14.3 Å². The van der Waals surface area contributed by atoms with Crippen LogP contribution < -0.4 is 11.1 Å². The summed E-state index contributed by atoms with van der Waals surface area (Å²) in [5, 5.41) is 11.6. The number of aliphatic carboxylic acids is 1. The SMILES string of the molecule is CC(C)C1SCC(C(=O)O)N1C(=O)NCCOCC(N)=O. The molecule has 0 aromatic heterocycles. The maximum absolute atomic E-state index is 12.2. The van der Waals surface area contributed by atoms with Crippen molar-refractivity contribution in [3.05, 3.63) is 0 Å². The van der Waals surface area contributed by atoms with Crippen LogP contribution in [0.3, 0.4) is 0 Å². The fourth-order valence-corrected chi connectivity index (χ4v) is 3.45. The van der Waals surface area contributed by atoms with Gasteiger partial charge in [0, 0.05) is 12.3 Å². The van der Waals surface area contributed by atoms with Gasteiger partial charge in [0.1, 0.15) is 12.6 Å². The molecular formula is C12H21N3O5S. The molecule has 0 saturated carbocycles. The van der Waals surface area contributed by atoms with Gasteiger partial charge in [-0.15, -0.1) is 11.8 Å². The van der Waals surface area contributed by atoms with Gasteiger partial charge in [-0.2, -0.15) is 0 Å². The molecule has 0 aliphatic carbocycles. The quantitative estimate of drug-likeness (QED) is 0.553. The zero-order chi connectivity index (χ0) is 16.0. The number of rotatable bonds is 7. The van der Waals surface area contributed by atoms with Crippen LogP contribution in [0.25, 0.3) is 0 Å². The van der Waals surface area contributed by atoms with Crippen LogP contribution in [0, 0.1) is 5.92 Å². The molecule has 1 aliphatic rings. The predicted octanol–water partition coefficient (Wildman–Crippen LogP) is -0.318. The van der Waals surface area contributed by atoms with Crippen molar-refractivity contribution < 1.29 is 24.2 Å². The van der Waals surface area contributed by atoms with Gasteiger partial charge in [-0.05, 0) is 5.92 Å². The number of ether oxygens (including phenoxy) is 1. The van der Waals surface area contributed by atoms with Gasteiger partial charge >= 0.3 is 12.0 Å². The molecule has 2 unspecified atom stereocenters. The summed E-state index contributed by atoms with van der Waals surface area (Å²) in [6.45, 7) is 4.00. The number of carbonyl (C=O) groups excluding carboxylic acids is 2. The van der Waals surface area contributed by atoms with Gasteiger partial charge in [0.05, 0.1) is 12.0 Å². The van der Waals surface area contributed by atoms with Gasteiger partial charge in [0.15, 0.2) is 0 Å². The monoisotopic (exact) mass is 319 g/mol. The maximum atomic E-state index is 12.2. The Morgan fingerprint density at radius 3 is 2.67 bits per heavy atom. The van der Waals surface area contributed by atoms with Crippen LogP contribution >= 0.6 is 11.8 Å². The van der Waals surface area contributed by atoms with Crippen LogP contribution in [0.4, 0.5) is 4.79 Å². The molecule has 0 aromatic rings. The zero-order valence-corrected chi connectivity index (χ0v) is 12.9. The normalized spacial score (nSPS) is 21.6. The summed E-state index contributed by atoms with van der Waals surface area (Å²) in [6, 6.07) is -1.26. The summed E-state index contributed by atoms with van der Waals surface area (Å²) < 4.78 is 4.93. The number of primary amides is 1. The molecule has 8 nitrogen and oxygen atoms in total. The molecule has 1 aliphatic heterocycles. The van der Waals surface area contributed by atoms with E-state index in [1.807, 2.05) is 13.8 Å². The second-order valence-electron chi connectivity index (χ2n) is 4.98. The summed E-state index contributed by atoms with van der Waals surface area (Å²) in [7, 11) is 0. The van der Waals surface area contributed by atoms with Crippen molar-refractivity contribution in [1.82, 2.24) is 10.2 Å². The lowest BCUT2D eigenvalue weighted by Crippen LogP contribution is -2.51. The molecule has 1 rings (SSSR count). The number of carboxylic acid groups (broad SMARTS) is 1. The third-order valence-electron chi connectivity index (χ3n) is 2.89. The van der Waals surface area contributed by atoms with Gasteiger partial charge in [0.2, 0.25) is 5.91 Å². The summed E-state index contributed by atoms with van der Waals surface area (Å²) in [5.41, 5.74) is 4.91. The van der Waals surface area contributed by atoms with Crippen LogP contribution in [0.5, 0.6) is 0 Å². The molecule has 9 heteroatoms. The second kappa shape index (κ2) is 8.08. The standard InChI is InChI=1S/C12H21N3O5S/c1-7(2)10-15(8(6-21-10)11(17)18)12(19)14-3-4-20-5-9(13)16/h7-8,10H,3-6H2,1-2H3,(H2,13,16)(H,14,19)(H,17,18). The van der Waals surface area contributed by atoms with Crippen molar-refractivity contribution in [2.24, 2.45) is 11.7 Å². The molecule has 0 spiro atoms. The molecule has 1 heterocycles. The van der Waals surface area contributed by atoms with E-state index in [1.165, 1.54) is 16.7 Å². The van der Waals surface area contributed by atoms with E-state index in [0.717, 1.165) is 0 Å². The summed E-state index contributed by atoms with van der Waals surface area (Å²) in [6.07, 6.45) is 0. The third kappa shape index (κ3) is 5.09. The zero-order valence-electron chi connectivity index (χ0n) is 12.1. The lowest BCUT2D eigenvalue weighted by Gasteiger charge is -2.29. The number of amides is 3. The lowest BCUT2D eigenvalue weighted by molar-refractivity contribution is -0.141. The molecule has 2 atom stereocenters. The number of urea groups is 1. The average Bonchev–Trinajstić information content (AvgIpc) is 2.82. The molecule has 3 amide bonds. The Morgan fingerprint density at radius 1 is 1.48 bits per heavy atom. The van der Waals surface area contributed by atoms with Crippen molar-refractivity contribution in [3.8, 4) is 0 Å². The van der Waals surface area contributed by atoms with Gasteiger partial charge in [-0.3, -0.25) is 9.69 Å². The van der Waals surface area contributed by atoms with E-state index in [9.17, 15) is 19.5 Å². The first-order valence-electron chi connectivity index (χ1n) is 6.61. The number of nitrogens with zero attached hydrogens (tertiary/aromatic N) is 1. The minimum Gasteiger partial charge on any atom is -0.480 e. The topological polar surface area (TPSA) is 122 Å². The minimum atomic E-state index is -1.01. The molecule has 21 heavy (non-hydrogen) atoms. The molecule has 1 saturated heterocycles. The third-order valence-corrected chi connectivity index (χ3v) is 4.51. The van der Waals surface area contributed by atoms with E-state index in [4.69, 9.17) is 10.5 Å². The molecule has 0 aromatic carbocycles. The Morgan fingerprint density at radius 2 is 2.14 bits per heavy atom. The summed E-state index contributed by atoms with van der Waals surface area (Å²) >= 11 is 1.46. The highest BCUT2D eigenvalue weighted by atomic mass is 32.2.